The predicted molar refractivity (Wildman–Crippen MR) is 73.8 cm³/mol. The van der Waals surface area contributed by atoms with Gasteiger partial charge in [0.05, 0.1) is 12.1 Å². The number of fused-ring (bicyclic) bond motifs is 1. The SMILES string of the molecule is CC(C)(C)OC(=O)N1CCc2sc(N)c(C#N)c2C1. The number of nitrogen functional groups attached to an aromatic ring is 1. The first-order chi connectivity index (χ1) is 8.81. The molecule has 0 unspecified atom stereocenters. The van der Waals surface area contributed by atoms with Gasteiger partial charge in [-0.3, -0.25) is 0 Å². The summed E-state index contributed by atoms with van der Waals surface area (Å²) in [5, 5.41) is 9.66. The highest BCUT2D eigenvalue weighted by atomic mass is 32.1. The summed E-state index contributed by atoms with van der Waals surface area (Å²) in [6, 6.07) is 2.12. The molecule has 1 amide bonds. The van der Waals surface area contributed by atoms with Crippen molar-refractivity contribution in [2.45, 2.75) is 39.3 Å². The predicted octanol–water partition coefficient (Wildman–Crippen LogP) is 2.50. The standard InChI is InChI=1S/C13H17N3O2S/c1-13(2,3)18-12(17)16-5-4-10-9(7-16)8(6-14)11(15)19-10/h4-5,7,15H2,1-3H3. The Morgan fingerprint density at radius 1 is 1.53 bits per heavy atom. The molecule has 0 spiro atoms. The first-order valence-corrected chi connectivity index (χ1v) is 6.91. The van der Waals surface area contributed by atoms with Crippen LogP contribution in [0.1, 0.15) is 36.8 Å². The summed E-state index contributed by atoms with van der Waals surface area (Å²) in [7, 11) is 0. The molecule has 0 fully saturated rings. The topological polar surface area (TPSA) is 79.3 Å². The van der Waals surface area contributed by atoms with Gasteiger partial charge in [-0.25, -0.2) is 4.79 Å². The Morgan fingerprint density at radius 2 is 2.21 bits per heavy atom. The lowest BCUT2D eigenvalue weighted by Gasteiger charge is -2.30. The molecule has 1 aliphatic heterocycles. The van der Waals surface area contributed by atoms with Gasteiger partial charge in [0.25, 0.3) is 0 Å². The van der Waals surface area contributed by atoms with Crippen LogP contribution in [0.25, 0.3) is 0 Å². The van der Waals surface area contributed by atoms with Crippen molar-refractivity contribution in [3.63, 3.8) is 0 Å². The fourth-order valence-electron chi connectivity index (χ4n) is 2.01. The maximum atomic E-state index is 12.0. The lowest BCUT2D eigenvalue weighted by molar-refractivity contribution is 0.0225. The summed E-state index contributed by atoms with van der Waals surface area (Å²) < 4.78 is 5.35. The van der Waals surface area contributed by atoms with Crippen LogP contribution >= 0.6 is 11.3 Å². The van der Waals surface area contributed by atoms with Crippen molar-refractivity contribution >= 4 is 22.4 Å². The summed E-state index contributed by atoms with van der Waals surface area (Å²) in [5.74, 6) is 0. The van der Waals surface area contributed by atoms with Gasteiger partial charge in [-0.15, -0.1) is 11.3 Å². The van der Waals surface area contributed by atoms with Crippen LogP contribution < -0.4 is 5.73 Å². The van der Waals surface area contributed by atoms with Gasteiger partial charge in [-0.05, 0) is 20.8 Å². The zero-order chi connectivity index (χ0) is 14.2. The summed E-state index contributed by atoms with van der Waals surface area (Å²) in [5.41, 5.74) is 6.69. The summed E-state index contributed by atoms with van der Waals surface area (Å²) in [6.45, 7) is 6.52. The second-order valence-corrected chi connectivity index (χ2v) is 6.64. The van der Waals surface area contributed by atoms with Crippen molar-refractivity contribution in [1.82, 2.24) is 4.90 Å². The van der Waals surface area contributed by atoms with Crippen molar-refractivity contribution in [3.05, 3.63) is 16.0 Å². The number of hydrogen-bond donors (Lipinski definition) is 1. The summed E-state index contributed by atoms with van der Waals surface area (Å²) >= 11 is 1.44. The van der Waals surface area contributed by atoms with Gasteiger partial charge >= 0.3 is 6.09 Å². The molecular weight excluding hydrogens is 262 g/mol. The Kier molecular flexibility index (Phi) is 3.42. The third-order valence-corrected chi connectivity index (χ3v) is 3.96. The molecule has 1 aromatic heterocycles. The van der Waals surface area contributed by atoms with E-state index in [-0.39, 0.29) is 6.09 Å². The largest absolute Gasteiger partial charge is 0.444 e. The molecule has 2 rings (SSSR count). The number of anilines is 1. The number of amides is 1. The van der Waals surface area contributed by atoms with Gasteiger partial charge < -0.3 is 15.4 Å². The number of ether oxygens (including phenoxy) is 1. The molecule has 2 heterocycles. The molecular formula is C13H17N3O2S. The van der Waals surface area contributed by atoms with Gasteiger partial charge in [0.2, 0.25) is 0 Å². The third kappa shape index (κ3) is 2.82. The number of nitriles is 1. The number of nitrogens with zero attached hydrogens (tertiary/aromatic N) is 2. The van der Waals surface area contributed by atoms with E-state index in [0.29, 0.717) is 23.7 Å². The van der Waals surface area contributed by atoms with Gasteiger partial charge in [-0.1, -0.05) is 0 Å². The zero-order valence-corrected chi connectivity index (χ0v) is 12.1. The average molecular weight is 279 g/mol. The maximum absolute atomic E-state index is 12.0. The maximum Gasteiger partial charge on any atom is 0.410 e. The molecule has 102 valence electrons. The van der Waals surface area contributed by atoms with E-state index in [9.17, 15) is 4.79 Å². The fraction of sp³-hybridized carbons (Fsp3) is 0.538. The molecule has 0 atom stereocenters. The first-order valence-electron chi connectivity index (χ1n) is 6.10. The molecule has 5 nitrogen and oxygen atoms in total. The number of carbonyl (C=O) groups is 1. The highest BCUT2D eigenvalue weighted by Gasteiger charge is 2.29. The van der Waals surface area contributed by atoms with Crippen LogP contribution in [0.15, 0.2) is 0 Å². The van der Waals surface area contributed by atoms with E-state index in [2.05, 4.69) is 6.07 Å². The molecule has 19 heavy (non-hydrogen) atoms. The van der Waals surface area contributed by atoms with Crippen molar-refractivity contribution in [2.24, 2.45) is 0 Å². The Labute approximate surface area is 116 Å². The molecule has 1 aliphatic rings. The Bertz CT molecular complexity index is 551. The van der Waals surface area contributed by atoms with Crippen LogP contribution in [0.3, 0.4) is 0 Å². The van der Waals surface area contributed by atoms with Gasteiger partial charge in [0.1, 0.15) is 16.7 Å². The van der Waals surface area contributed by atoms with Gasteiger partial charge in [-0.2, -0.15) is 5.26 Å². The molecule has 6 heteroatoms. The minimum absolute atomic E-state index is 0.341. The Balaban J connectivity index is 2.18. The Morgan fingerprint density at radius 3 is 2.79 bits per heavy atom. The molecule has 0 saturated carbocycles. The van der Waals surface area contributed by atoms with Gasteiger partial charge in [0, 0.05) is 23.4 Å². The molecule has 0 aromatic carbocycles. The molecule has 0 bridgehead atoms. The molecule has 0 radical (unpaired) electrons. The highest BCUT2D eigenvalue weighted by molar-refractivity contribution is 7.16. The van der Waals surface area contributed by atoms with Crippen LogP contribution in [-0.4, -0.2) is 23.1 Å². The van der Waals surface area contributed by atoms with Crippen LogP contribution in [0.2, 0.25) is 0 Å². The van der Waals surface area contributed by atoms with Crippen molar-refractivity contribution < 1.29 is 9.53 Å². The van der Waals surface area contributed by atoms with Crippen LogP contribution in [0.5, 0.6) is 0 Å². The highest BCUT2D eigenvalue weighted by Crippen LogP contribution is 2.34. The summed E-state index contributed by atoms with van der Waals surface area (Å²) in [4.78, 5) is 14.8. The van der Waals surface area contributed by atoms with Crippen molar-refractivity contribution in [1.29, 1.82) is 5.26 Å². The Hall–Kier alpha value is -1.74. The summed E-state index contributed by atoms with van der Waals surface area (Å²) in [6.07, 6.45) is 0.386. The van der Waals surface area contributed by atoms with E-state index in [4.69, 9.17) is 15.7 Å². The smallest absolute Gasteiger partial charge is 0.410 e. The molecule has 2 N–H and O–H groups in total. The number of thiophene rings is 1. The van der Waals surface area contributed by atoms with E-state index in [1.807, 2.05) is 20.8 Å². The lowest BCUT2D eigenvalue weighted by atomic mass is 10.1. The molecule has 1 aromatic rings. The normalized spacial score (nSPS) is 14.7. The quantitative estimate of drug-likeness (QED) is 0.791. The zero-order valence-electron chi connectivity index (χ0n) is 11.3. The van der Waals surface area contributed by atoms with Crippen LogP contribution in [0, 0.1) is 11.3 Å². The monoisotopic (exact) mass is 279 g/mol. The number of hydrogen-bond acceptors (Lipinski definition) is 5. The number of carbonyl (C=O) groups excluding carboxylic acids is 1. The van der Waals surface area contributed by atoms with Crippen LogP contribution in [-0.2, 0) is 17.7 Å². The second kappa shape index (κ2) is 4.74. The first kappa shape index (κ1) is 13.7. The van der Waals surface area contributed by atoms with E-state index in [1.165, 1.54) is 11.3 Å². The minimum Gasteiger partial charge on any atom is -0.444 e. The van der Waals surface area contributed by atoms with Crippen LogP contribution in [0.4, 0.5) is 9.80 Å². The minimum atomic E-state index is -0.511. The van der Waals surface area contributed by atoms with E-state index in [1.54, 1.807) is 4.90 Å². The average Bonchev–Trinajstić information content (AvgIpc) is 2.60. The van der Waals surface area contributed by atoms with Crippen molar-refractivity contribution in [3.8, 4) is 6.07 Å². The fourth-order valence-corrected chi connectivity index (χ4v) is 3.03. The van der Waals surface area contributed by atoms with Gasteiger partial charge in [0.15, 0.2) is 0 Å². The van der Waals surface area contributed by atoms with E-state index < -0.39 is 5.60 Å². The molecule has 0 aliphatic carbocycles. The second-order valence-electron chi connectivity index (χ2n) is 5.51. The third-order valence-electron chi connectivity index (χ3n) is 2.84. The lowest BCUT2D eigenvalue weighted by Crippen LogP contribution is -2.39. The van der Waals surface area contributed by atoms with E-state index >= 15 is 0 Å². The number of nitrogens with two attached hydrogens (primary N) is 1. The molecule has 0 saturated heterocycles. The number of rotatable bonds is 0. The van der Waals surface area contributed by atoms with Crippen molar-refractivity contribution in [2.75, 3.05) is 12.3 Å². The van der Waals surface area contributed by atoms with E-state index in [0.717, 1.165) is 16.9 Å².